The molecule has 2 aromatic rings. The summed E-state index contributed by atoms with van der Waals surface area (Å²) in [6, 6.07) is 6.08. The Balaban J connectivity index is 0.000000606. The number of benzene rings is 1. The van der Waals surface area contributed by atoms with E-state index in [2.05, 4.69) is 6.07 Å². The van der Waals surface area contributed by atoms with Crippen LogP contribution in [0.3, 0.4) is 0 Å². The second kappa shape index (κ2) is 5.01. The number of hydrogen-bond donors (Lipinski definition) is 0. The predicted molar refractivity (Wildman–Crippen MR) is 68.9 cm³/mol. The van der Waals surface area contributed by atoms with Crippen LogP contribution >= 0.6 is 0 Å². The normalized spacial score (nSPS) is 10.1. The Labute approximate surface area is 96.3 Å². The Hall–Kier alpha value is -1.51. The van der Waals surface area contributed by atoms with Crippen molar-refractivity contribution in [2.24, 2.45) is 7.05 Å². The highest BCUT2D eigenvalue weighted by atomic mass is 16.1. The largest absolute Gasteiger partial charge is 0.328 e. The molecule has 1 aromatic heterocycles. The zero-order valence-corrected chi connectivity index (χ0v) is 10.7. The van der Waals surface area contributed by atoms with E-state index in [1.807, 2.05) is 46.9 Å². The maximum absolute atomic E-state index is 11.8. The number of nitrogens with zero attached hydrogens (tertiary/aromatic N) is 2. The van der Waals surface area contributed by atoms with E-state index in [4.69, 9.17) is 0 Å². The average molecular weight is 220 g/mol. The lowest BCUT2D eigenvalue weighted by atomic mass is 10.2. The van der Waals surface area contributed by atoms with Crippen LogP contribution in [0.25, 0.3) is 11.0 Å². The predicted octanol–water partition coefficient (Wildman–Crippen LogP) is 2.69. The van der Waals surface area contributed by atoms with Crippen molar-refractivity contribution >= 4 is 11.0 Å². The molecule has 88 valence electrons. The van der Waals surface area contributed by atoms with Crippen molar-refractivity contribution in [3.8, 4) is 0 Å². The van der Waals surface area contributed by atoms with Crippen LogP contribution < -0.4 is 5.69 Å². The monoisotopic (exact) mass is 220 g/mol. The van der Waals surface area contributed by atoms with Crippen molar-refractivity contribution in [2.45, 2.75) is 34.2 Å². The molecule has 0 fully saturated rings. The zero-order valence-electron chi connectivity index (χ0n) is 10.7. The van der Waals surface area contributed by atoms with Crippen molar-refractivity contribution in [3.63, 3.8) is 0 Å². The van der Waals surface area contributed by atoms with Gasteiger partial charge in [-0.05, 0) is 31.5 Å². The van der Waals surface area contributed by atoms with Crippen molar-refractivity contribution in [2.75, 3.05) is 0 Å². The van der Waals surface area contributed by atoms with E-state index >= 15 is 0 Å². The third-order valence-corrected chi connectivity index (χ3v) is 2.62. The number of aromatic nitrogens is 2. The van der Waals surface area contributed by atoms with Crippen LogP contribution in [-0.4, -0.2) is 9.13 Å². The van der Waals surface area contributed by atoms with Gasteiger partial charge in [0, 0.05) is 13.6 Å². The first kappa shape index (κ1) is 12.6. The molecule has 0 spiro atoms. The minimum Gasteiger partial charge on any atom is -0.295 e. The van der Waals surface area contributed by atoms with E-state index in [9.17, 15) is 4.79 Å². The number of imidazole rings is 1. The molecule has 0 aliphatic carbocycles. The van der Waals surface area contributed by atoms with Crippen molar-refractivity contribution in [3.05, 3.63) is 34.2 Å². The van der Waals surface area contributed by atoms with E-state index in [0.29, 0.717) is 0 Å². The fourth-order valence-electron chi connectivity index (χ4n) is 1.83. The van der Waals surface area contributed by atoms with E-state index < -0.39 is 0 Å². The molecule has 0 saturated carbocycles. The summed E-state index contributed by atoms with van der Waals surface area (Å²) in [5, 5.41) is 0. The van der Waals surface area contributed by atoms with Gasteiger partial charge < -0.3 is 0 Å². The Kier molecular flexibility index (Phi) is 3.93. The second-order valence-corrected chi connectivity index (χ2v) is 3.58. The molecule has 0 N–H and O–H groups in total. The summed E-state index contributed by atoms with van der Waals surface area (Å²) in [4.78, 5) is 11.8. The van der Waals surface area contributed by atoms with Gasteiger partial charge >= 0.3 is 5.69 Å². The molecule has 3 nitrogen and oxygen atoms in total. The highest BCUT2D eigenvalue weighted by Gasteiger charge is 2.08. The summed E-state index contributed by atoms with van der Waals surface area (Å²) in [5.41, 5.74) is 3.28. The van der Waals surface area contributed by atoms with Gasteiger partial charge in [-0.25, -0.2) is 4.79 Å². The Morgan fingerprint density at radius 1 is 1.19 bits per heavy atom. The summed E-state index contributed by atoms with van der Waals surface area (Å²) in [6.07, 6.45) is 0. The second-order valence-electron chi connectivity index (χ2n) is 3.58. The quantitative estimate of drug-likeness (QED) is 0.726. The minimum atomic E-state index is 0.0631. The molecule has 0 saturated heterocycles. The molecular weight excluding hydrogens is 200 g/mol. The molecule has 0 unspecified atom stereocenters. The third kappa shape index (κ3) is 1.90. The first-order valence-electron chi connectivity index (χ1n) is 5.81. The van der Waals surface area contributed by atoms with Crippen LogP contribution in [0, 0.1) is 6.92 Å². The zero-order chi connectivity index (χ0) is 12.3. The van der Waals surface area contributed by atoms with Gasteiger partial charge in [-0.1, -0.05) is 19.9 Å². The fraction of sp³-hybridized carbons (Fsp3) is 0.462. The van der Waals surface area contributed by atoms with Gasteiger partial charge in [-0.2, -0.15) is 0 Å². The topological polar surface area (TPSA) is 26.9 Å². The Morgan fingerprint density at radius 3 is 2.38 bits per heavy atom. The van der Waals surface area contributed by atoms with Crippen molar-refractivity contribution in [1.82, 2.24) is 9.13 Å². The molecule has 0 radical (unpaired) electrons. The third-order valence-electron chi connectivity index (χ3n) is 2.62. The first-order chi connectivity index (χ1) is 7.65. The van der Waals surface area contributed by atoms with Crippen LogP contribution in [-0.2, 0) is 13.6 Å². The standard InChI is InChI=1S/C11H14N2O.C2H6/c1-4-13-10-7-8(2)5-6-9(10)12(3)11(13)14;1-2/h5-7H,4H2,1-3H3;1-2H3. The van der Waals surface area contributed by atoms with Crippen molar-refractivity contribution in [1.29, 1.82) is 0 Å². The lowest BCUT2D eigenvalue weighted by Gasteiger charge is -1.98. The first-order valence-corrected chi connectivity index (χ1v) is 5.81. The molecule has 0 aliphatic rings. The SMILES string of the molecule is CC.CCn1c(=O)n(C)c2ccc(C)cc21. The average Bonchev–Trinajstić information content (AvgIpc) is 2.54. The van der Waals surface area contributed by atoms with Crippen LogP contribution in [0.1, 0.15) is 26.3 Å². The fourth-order valence-corrected chi connectivity index (χ4v) is 1.83. The minimum absolute atomic E-state index is 0.0631. The molecule has 1 heterocycles. The van der Waals surface area contributed by atoms with Crippen molar-refractivity contribution < 1.29 is 0 Å². The van der Waals surface area contributed by atoms with Gasteiger partial charge in [0.2, 0.25) is 0 Å². The van der Waals surface area contributed by atoms with E-state index in [-0.39, 0.29) is 5.69 Å². The number of aryl methyl sites for hydroxylation is 3. The Morgan fingerprint density at radius 2 is 1.81 bits per heavy atom. The number of rotatable bonds is 1. The number of fused-ring (bicyclic) bond motifs is 1. The molecule has 0 bridgehead atoms. The van der Waals surface area contributed by atoms with Gasteiger partial charge in [0.1, 0.15) is 0 Å². The van der Waals surface area contributed by atoms with E-state index in [1.165, 1.54) is 5.56 Å². The molecule has 3 heteroatoms. The summed E-state index contributed by atoms with van der Waals surface area (Å²) in [7, 11) is 1.81. The maximum atomic E-state index is 11.8. The van der Waals surface area contributed by atoms with Crippen LogP contribution in [0.4, 0.5) is 0 Å². The van der Waals surface area contributed by atoms with Crippen LogP contribution in [0.2, 0.25) is 0 Å². The van der Waals surface area contributed by atoms with E-state index in [0.717, 1.165) is 17.6 Å². The molecular formula is C13H20N2O. The lowest BCUT2D eigenvalue weighted by molar-refractivity contribution is 0.712. The molecule has 0 aliphatic heterocycles. The highest BCUT2D eigenvalue weighted by molar-refractivity contribution is 5.76. The van der Waals surface area contributed by atoms with Crippen LogP contribution in [0.15, 0.2) is 23.0 Å². The van der Waals surface area contributed by atoms with Crippen LogP contribution in [0.5, 0.6) is 0 Å². The van der Waals surface area contributed by atoms with E-state index in [1.54, 1.807) is 9.13 Å². The summed E-state index contributed by atoms with van der Waals surface area (Å²) < 4.78 is 3.49. The molecule has 2 rings (SSSR count). The molecule has 1 aromatic carbocycles. The molecule has 16 heavy (non-hydrogen) atoms. The summed E-state index contributed by atoms with van der Waals surface area (Å²) in [6.45, 7) is 8.75. The van der Waals surface area contributed by atoms with Gasteiger partial charge in [-0.3, -0.25) is 9.13 Å². The highest BCUT2D eigenvalue weighted by Crippen LogP contribution is 2.13. The smallest absolute Gasteiger partial charge is 0.295 e. The van der Waals surface area contributed by atoms with Gasteiger partial charge in [-0.15, -0.1) is 0 Å². The summed E-state index contributed by atoms with van der Waals surface area (Å²) >= 11 is 0. The molecule has 0 amide bonds. The van der Waals surface area contributed by atoms with Gasteiger partial charge in [0.05, 0.1) is 11.0 Å². The Bertz CT molecular complexity index is 535. The summed E-state index contributed by atoms with van der Waals surface area (Å²) in [5.74, 6) is 0. The molecule has 0 atom stereocenters. The van der Waals surface area contributed by atoms with Gasteiger partial charge in [0.15, 0.2) is 0 Å². The maximum Gasteiger partial charge on any atom is 0.328 e. The van der Waals surface area contributed by atoms with Gasteiger partial charge in [0.25, 0.3) is 0 Å². The lowest BCUT2D eigenvalue weighted by Crippen LogP contribution is -2.21. The number of hydrogen-bond acceptors (Lipinski definition) is 1.